The summed E-state index contributed by atoms with van der Waals surface area (Å²) in [6.45, 7) is 9.86. The Kier molecular flexibility index (Phi) is 6.05. The van der Waals surface area contributed by atoms with Crippen LogP contribution in [0.4, 0.5) is 0 Å². The van der Waals surface area contributed by atoms with E-state index in [0.717, 1.165) is 6.42 Å². The summed E-state index contributed by atoms with van der Waals surface area (Å²) in [6.07, 6.45) is 6.71. The minimum atomic E-state index is -0.535. The van der Waals surface area contributed by atoms with Crippen molar-refractivity contribution in [2.45, 2.75) is 47.1 Å². The standard InChI is InChI=1S/C20H28N2O4/c1-12-7-9-20(4,5)11-15(13(12)2)22-19(24)17-18(26-14(3)23)16(25-6)8-10-21-17/h7-10,12-13,15H,11H2,1-6H3,(H,22,24). The van der Waals surface area contributed by atoms with Gasteiger partial charge in [0.05, 0.1) is 7.11 Å². The highest BCUT2D eigenvalue weighted by atomic mass is 16.6. The molecule has 1 N–H and O–H groups in total. The molecule has 0 radical (unpaired) electrons. The van der Waals surface area contributed by atoms with Crippen LogP contribution in [0.25, 0.3) is 0 Å². The number of hydrogen-bond acceptors (Lipinski definition) is 5. The summed E-state index contributed by atoms with van der Waals surface area (Å²) in [5.41, 5.74) is 0.0340. The number of nitrogens with zero attached hydrogens (tertiary/aromatic N) is 1. The number of nitrogens with one attached hydrogen (secondary N) is 1. The van der Waals surface area contributed by atoms with Crippen LogP contribution in [0.3, 0.4) is 0 Å². The molecule has 1 aromatic rings. The lowest BCUT2D eigenvalue weighted by molar-refractivity contribution is -0.132. The Morgan fingerprint density at radius 3 is 2.62 bits per heavy atom. The van der Waals surface area contributed by atoms with E-state index >= 15 is 0 Å². The molecule has 26 heavy (non-hydrogen) atoms. The average Bonchev–Trinajstić information content (AvgIpc) is 2.66. The molecule has 0 spiro atoms. The maximum Gasteiger partial charge on any atom is 0.308 e. The van der Waals surface area contributed by atoms with Gasteiger partial charge in [-0.3, -0.25) is 9.59 Å². The van der Waals surface area contributed by atoms with Crippen LogP contribution >= 0.6 is 0 Å². The molecule has 1 aromatic heterocycles. The first-order valence-electron chi connectivity index (χ1n) is 8.86. The van der Waals surface area contributed by atoms with Gasteiger partial charge in [-0.15, -0.1) is 0 Å². The fourth-order valence-electron chi connectivity index (χ4n) is 3.19. The molecule has 1 amide bonds. The summed E-state index contributed by atoms with van der Waals surface area (Å²) in [5, 5.41) is 3.09. The first-order valence-corrected chi connectivity index (χ1v) is 8.86. The van der Waals surface area contributed by atoms with E-state index in [2.05, 4.69) is 50.1 Å². The number of methoxy groups -OCH3 is 1. The highest BCUT2D eigenvalue weighted by Gasteiger charge is 2.33. The number of esters is 1. The van der Waals surface area contributed by atoms with Gasteiger partial charge in [0.15, 0.2) is 11.4 Å². The summed E-state index contributed by atoms with van der Waals surface area (Å²) in [5.74, 6) is 0.0402. The van der Waals surface area contributed by atoms with Crippen LogP contribution in [0.5, 0.6) is 11.5 Å². The summed E-state index contributed by atoms with van der Waals surface area (Å²) in [6, 6.07) is 1.53. The van der Waals surface area contributed by atoms with Crippen LogP contribution in [-0.2, 0) is 4.79 Å². The average molecular weight is 360 g/mol. The second-order valence-electron chi connectivity index (χ2n) is 7.63. The number of carbonyl (C=O) groups excluding carboxylic acids is 2. The molecule has 6 heteroatoms. The van der Waals surface area contributed by atoms with Crippen molar-refractivity contribution in [3.05, 3.63) is 30.1 Å². The number of ether oxygens (including phenoxy) is 2. The number of rotatable bonds is 4. The molecule has 1 aliphatic rings. The zero-order valence-electron chi connectivity index (χ0n) is 16.3. The lowest BCUT2D eigenvalue weighted by atomic mass is 9.82. The number of hydrogen-bond donors (Lipinski definition) is 1. The zero-order valence-corrected chi connectivity index (χ0v) is 16.3. The van der Waals surface area contributed by atoms with E-state index in [-0.39, 0.29) is 34.7 Å². The SMILES string of the molecule is COc1ccnc(C(=O)NC2CC(C)(C)C=CC(C)C2C)c1OC(C)=O. The second-order valence-corrected chi connectivity index (χ2v) is 7.63. The monoisotopic (exact) mass is 360 g/mol. The molecule has 0 saturated carbocycles. The number of amides is 1. The molecule has 0 aromatic carbocycles. The Balaban J connectivity index is 2.30. The molecule has 3 atom stereocenters. The summed E-state index contributed by atoms with van der Waals surface area (Å²) in [4.78, 5) is 28.5. The number of carbonyl (C=O) groups is 2. The third kappa shape index (κ3) is 4.62. The predicted molar refractivity (Wildman–Crippen MR) is 99.2 cm³/mol. The second kappa shape index (κ2) is 7.89. The fraction of sp³-hybridized carbons (Fsp3) is 0.550. The van der Waals surface area contributed by atoms with Crippen molar-refractivity contribution >= 4 is 11.9 Å². The van der Waals surface area contributed by atoms with E-state index in [4.69, 9.17) is 9.47 Å². The van der Waals surface area contributed by atoms with Crippen molar-refractivity contribution in [1.82, 2.24) is 10.3 Å². The van der Waals surface area contributed by atoms with Gasteiger partial charge < -0.3 is 14.8 Å². The van der Waals surface area contributed by atoms with E-state index < -0.39 is 5.97 Å². The molecule has 0 aliphatic heterocycles. The molecule has 3 unspecified atom stereocenters. The largest absolute Gasteiger partial charge is 0.493 e. The number of pyridine rings is 1. The van der Waals surface area contributed by atoms with Crippen molar-refractivity contribution < 1.29 is 19.1 Å². The normalized spacial score (nSPS) is 24.5. The quantitative estimate of drug-likeness (QED) is 0.658. The lowest BCUT2D eigenvalue weighted by Gasteiger charge is -2.30. The zero-order chi connectivity index (χ0) is 19.5. The Morgan fingerprint density at radius 2 is 2.00 bits per heavy atom. The number of aromatic nitrogens is 1. The fourth-order valence-corrected chi connectivity index (χ4v) is 3.19. The maximum absolute atomic E-state index is 12.9. The van der Waals surface area contributed by atoms with Crippen molar-refractivity contribution in [1.29, 1.82) is 0 Å². The topological polar surface area (TPSA) is 77.5 Å². The molecule has 6 nitrogen and oxygen atoms in total. The molecule has 1 aliphatic carbocycles. The van der Waals surface area contributed by atoms with E-state index in [0.29, 0.717) is 11.7 Å². The first kappa shape index (κ1) is 19.9. The molecular weight excluding hydrogens is 332 g/mol. The maximum atomic E-state index is 12.9. The van der Waals surface area contributed by atoms with Crippen molar-refractivity contribution in [2.24, 2.45) is 17.3 Å². The van der Waals surface area contributed by atoms with Gasteiger partial charge in [-0.2, -0.15) is 0 Å². The van der Waals surface area contributed by atoms with Gasteiger partial charge in [0.25, 0.3) is 5.91 Å². The molecule has 0 saturated heterocycles. The predicted octanol–water partition coefficient (Wildman–Crippen LogP) is 3.37. The van der Waals surface area contributed by atoms with E-state index in [9.17, 15) is 9.59 Å². The lowest BCUT2D eigenvalue weighted by Crippen LogP contribution is -2.43. The minimum Gasteiger partial charge on any atom is -0.493 e. The Labute approximate surface area is 155 Å². The van der Waals surface area contributed by atoms with Gasteiger partial charge in [-0.05, 0) is 23.7 Å². The number of allylic oxidation sites excluding steroid dienone is 2. The van der Waals surface area contributed by atoms with Gasteiger partial charge in [0.2, 0.25) is 5.75 Å². The summed E-state index contributed by atoms with van der Waals surface area (Å²) >= 11 is 0. The smallest absolute Gasteiger partial charge is 0.308 e. The van der Waals surface area contributed by atoms with Crippen LogP contribution in [-0.4, -0.2) is 30.0 Å². The van der Waals surface area contributed by atoms with Gasteiger partial charge in [-0.25, -0.2) is 4.98 Å². The highest BCUT2D eigenvalue weighted by Crippen LogP contribution is 2.35. The molecule has 0 fully saturated rings. The van der Waals surface area contributed by atoms with Gasteiger partial charge in [0.1, 0.15) is 0 Å². The van der Waals surface area contributed by atoms with Crippen LogP contribution in [0, 0.1) is 17.3 Å². The van der Waals surface area contributed by atoms with E-state index in [1.54, 1.807) is 6.07 Å². The van der Waals surface area contributed by atoms with Gasteiger partial charge >= 0.3 is 5.97 Å². The molecule has 1 heterocycles. The molecule has 0 bridgehead atoms. The van der Waals surface area contributed by atoms with Crippen LogP contribution in [0.15, 0.2) is 24.4 Å². The third-order valence-corrected chi connectivity index (χ3v) is 4.93. The van der Waals surface area contributed by atoms with E-state index in [1.165, 1.54) is 20.2 Å². The molecule has 142 valence electrons. The van der Waals surface area contributed by atoms with Gasteiger partial charge in [-0.1, -0.05) is 39.8 Å². The van der Waals surface area contributed by atoms with Crippen LogP contribution in [0.2, 0.25) is 0 Å². The minimum absolute atomic E-state index is 0.0164. The Hall–Kier alpha value is -2.37. The van der Waals surface area contributed by atoms with E-state index in [1.807, 2.05) is 0 Å². The van der Waals surface area contributed by atoms with Gasteiger partial charge in [0, 0.05) is 25.2 Å². The third-order valence-electron chi connectivity index (χ3n) is 4.93. The van der Waals surface area contributed by atoms with Crippen molar-refractivity contribution in [3.63, 3.8) is 0 Å². The summed E-state index contributed by atoms with van der Waals surface area (Å²) < 4.78 is 10.4. The molecule has 2 rings (SSSR count). The van der Waals surface area contributed by atoms with Crippen molar-refractivity contribution in [2.75, 3.05) is 7.11 Å². The Morgan fingerprint density at radius 1 is 1.31 bits per heavy atom. The van der Waals surface area contributed by atoms with Crippen molar-refractivity contribution in [3.8, 4) is 11.5 Å². The van der Waals surface area contributed by atoms with Crippen LogP contribution in [0.1, 0.15) is 51.5 Å². The molecular formula is C20H28N2O4. The first-order chi connectivity index (χ1) is 12.1. The highest BCUT2D eigenvalue weighted by molar-refractivity contribution is 5.96. The Bertz CT molecular complexity index is 712. The van der Waals surface area contributed by atoms with Crippen LogP contribution < -0.4 is 14.8 Å². The summed E-state index contributed by atoms with van der Waals surface area (Å²) in [7, 11) is 1.45.